The Morgan fingerprint density at radius 2 is 1.80 bits per heavy atom. The number of halogens is 5. The van der Waals surface area contributed by atoms with Gasteiger partial charge in [-0.3, -0.25) is 0 Å². The maximum absolute atomic E-state index is 13.4. The average Bonchev–Trinajstić information content (AvgIpc) is 2.42. The van der Waals surface area contributed by atoms with Gasteiger partial charge in [0, 0.05) is 10.9 Å². The molecule has 0 unspecified atom stereocenters. The lowest BCUT2D eigenvalue weighted by molar-refractivity contribution is 0.301. The van der Waals surface area contributed by atoms with Gasteiger partial charge in [0.25, 0.3) is 0 Å². The van der Waals surface area contributed by atoms with E-state index < -0.39 is 5.82 Å². The molecule has 0 heterocycles. The molecule has 0 bridgehead atoms. The molecule has 0 spiro atoms. The van der Waals surface area contributed by atoms with E-state index in [1.807, 2.05) is 12.1 Å². The van der Waals surface area contributed by atoms with Crippen LogP contribution in [-0.2, 0) is 11.9 Å². The molecule has 2 rings (SSSR count). The van der Waals surface area contributed by atoms with Crippen LogP contribution in [0.1, 0.15) is 11.1 Å². The fraction of sp³-hybridized carbons (Fsp3) is 0.143. The van der Waals surface area contributed by atoms with Crippen LogP contribution >= 0.6 is 59.4 Å². The van der Waals surface area contributed by atoms with Gasteiger partial charge in [0.2, 0.25) is 0 Å². The quantitative estimate of drug-likeness (QED) is 0.449. The molecule has 1 nitrogen and oxygen atoms in total. The van der Waals surface area contributed by atoms with Crippen molar-refractivity contribution in [2.24, 2.45) is 0 Å². The zero-order chi connectivity index (χ0) is 14.7. The van der Waals surface area contributed by atoms with Crippen molar-refractivity contribution in [3.8, 4) is 5.75 Å². The molecule has 0 aliphatic heterocycles. The third kappa shape index (κ3) is 3.75. The highest BCUT2D eigenvalue weighted by Crippen LogP contribution is 2.36. The second-order valence-electron chi connectivity index (χ2n) is 4.02. The first-order valence-electron chi connectivity index (χ1n) is 5.62. The van der Waals surface area contributed by atoms with Crippen LogP contribution in [0.3, 0.4) is 0 Å². The summed E-state index contributed by atoms with van der Waals surface area (Å²) in [6.45, 7) is 0.196. The molecule has 0 N–H and O–H groups in total. The van der Waals surface area contributed by atoms with Gasteiger partial charge in [-0.15, -0.1) is 0 Å². The van der Waals surface area contributed by atoms with Crippen molar-refractivity contribution < 1.29 is 9.13 Å². The molecule has 2 aromatic rings. The molecule has 0 radical (unpaired) electrons. The topological polar surface area (TPSA) is 9.23 Å². The Balaban J connectivity index is 2.21. The van der Waals surface area contributed by atoms with E-state index in [-0.39, 0.29) is 11.6 Å². The zero-order valence-corrected chi connectivity index (χ0v) is 15.6. The van der Waals surface area contributed by atoms with Gasteiger partial charge in [0.05, 0.1) is 14.0 Å². The summed E-state index contributed by atoms with van der Waals surface area (Å²) in [6, 6.07) is 8.59. The SMILES string of the molecule is Fc1cccc(COc2c(Br)cc(CBr)cc2Br)c1Cl. The summed E-state index contributed by atoms with van der Waals surface area (Å²) in [5.41, 5.74) is 1.72. The molecule has 6 heteroatoms. The molecule has 0 fully saturated rings. The number of alkyl halides is 1. The van der Waals surface area contributed by atoms with Crippen molar-refractivity contribution in [3.63, 3.8) is 0 Å². The highest BCUT2D eigenvalue weighted by molar-refractivity contribution is 9.11. The summed E-state index contributed by atoms with van der Waals surface area (Å²) in [7, 11) is 0. The highest BCUT2D eigenvalue weighted by Gasteiger charge is 2.11. The smallest absolute Gasteiger partial charge is 0.148 e. The monoisotopic (exact) mass is 484 g/mol. The summed E-state index contributed by atoms with van der Waals surface area (Å²) >= 11 is 16.2. The van der Waals surface area contributed by atoms with E-state index >= 15 is 0 Å². The van der Waals surface area contributed by atoms with E-state index in [2.05, 4.69) is 47.8 Å². The average molecular weight is 487 g/mol. The molecule has 0 atom stereocenters. The predicted octanol–water partition coefficient (Wildman–Crippen LogP) is 6.48. The van der Waals surface area contributed by atoms with Crippen LogP contribution in [-0.4, -0.2) is 0 Å². The van der Waals surface area contributed by atoms with Gasteiger partial charge in [0.15, 0.2) is 0 Å². The summed E-state index contributed by atoms with van der Waals surface area (Å²) in [5.74, 6) is 0.218. The van der Waals surface area contributed by atoms with E-state index in [0.717, 1.165) is 19.8 Å². The lowest BCUT2D eigenvalue weighted by Gasteiger charge is -2.12. The Bertz CT molecular complexity index is 611. The Labute approximate surface area is 146 Å². The number of hydrogen-bond donors (Lipinski definition) is 0. The Hall–Kier alpha value is -0.100. The summed E-state index contributed by atoms with van der Waals surface area (Å²) in [5, 5.41) is 0.844. The van der Waals surface area contributed by atoms with Crippen LogP contribution in [0.25, 0.3) is 0 Å². The fourth-order valence-electron chi connectivity index (χ4n) is 1.64. The molecule has 2 aromatic carbocycles. The zero-order valence-electron chi connectivity index (χ0n) is 10.1. The van der Waals surface area contributed by atoms with Crippen LogP contribution in [0.2, 0.25) is 5.02 Å². The maximum atomic E-state index is 13.4. The van der Waals surface area contributed by atoms with E-state index in [9.17, 15) is 4.39 Å². The van der Waals surface area contributed by atoms with E-state index in [1.165, 1.54) is 6.07 Å². The van der Waals surface area contributed by atoms with Crippen molar-refractivity contribution in [1.82, 2.24) is 0 Å². The lowest BCUT2D eigenvalue weighted by atomic mass is 10.2. The minimum absolute atomic E-state index is 0.0943. The molecule has 0 amide bonds. The molecule has 20 heavy (non-hydrogen) atoms. The molecule has 0 aliphatic carbocycles. The number of benzene rings is 2. The van der Waals surface area contributed by atoms with Gasteiger partial charge in [-0.1, -0.05) is 39.7 Å². The fourth-order valence-corrected chi connectivity index (χ4v) is 3.65. The van der Waals surface area contributed by atoms with Crippen molar-refractivity contribution >= 4 is 59.4 Å². The summed E-state index contributed by atoms with van der Waals surface area (Å²) in [4.78, 5) is 0. The van der Waals surface area contributed by atoms with Crippen molar-refractivity contribution in [3.05, 3.63) is 61.2 Å². The number of ether oxygens (including phenoxy) is 1. The second kappa shape index (κ2) is 7.25. The second-order valence-corrected chi connectivity index (χ2v) is 6.67. The standard InChI is InChI=1S/C14H9Br3ClFO/c15-6-8-4-10(16)14(11(17)5-8)20-7-9-2-1-3-12(19)13(9)18/h1-5H,6-7H2. The van der Waals surface area contributed by atoms with Gasteiger partial charge in [-0.05, 0) is 55.6 Å². The van der Waals surface area contributed by atoms with Crippen molar-refractivity contribution in [2.45, 2.75) is 11.9 Å². The van der Waals surface area contributed by atoms with Gasteiger partial charge in [-0.2, -0.15) is 0 Å². The third-order valence-electron chi connectivity index (χ3n) is 2.62. The lowest BCUT2D eigenvalue weighted by Crippen LogP contribution is -1.99. The summed E-state index contributed by atoms with van der Waals surface area (Å²) in [6.07, 6.45) is 0. The first-order chi connectivity index (χ1) is 9.52. The molecule has 106 valence electrons. The van der Waals surface area contributed by atoms with Gasteiger partial charge >= 0.3 is 0 Å². The Morgan fingerprint density at radius 3 is 2.40 bits per heavy atom. The highest BCUT2D eigenvalue weighted by atomic mass is 79.9. The molecule has 0 saturated carbocycles. The van der Waals surface area contributed by atoms with E-state index in [4.69, 9.17) is 16.3 Å². The number of rotatable bonds is 4. The van der Waals surface area contributed by atoms with Gasteiger partial charge < -0.3 is 4.74 Å². The maximum Gasteiger partial charge on any atom is 0.148 e. The van der Waals surface area contributed by atoms with Crippen LogP contribution in [0, 0.1) is 5.82 Å². The minimum Gasteiger partial charge on any atom is -0.486 e. The van der Waals surface area contributed by atoms with Crippen molar-refractivity contribution in [1.29, 1.82) is 0 Å². The minimum atomic E-state index is -0.444. The largest absolute Gasteiger partial charge is 0.486 e. The molecule has 0 aliphatic rings. The molecular formula is C14H9Br3ClFO. The third-order valence-corrected chi connectivity index (χ3v) is 4.86. The molecule has 0 aromatic heterocycles. The molecule has 0 saturated heterocycles. The normalized spacial score (nSPS) is 10.7. The van der Waals surface area contributed by atoms with Crippen LogP contribution in [0.5, 0.6) is 5.75 Å². The van der Waals surface area contributed by atoms with Gasteiger partial charge in [-0.25, -0.2) is 4.39 Å². The van der Waals surface area contributed by atoms with E-state index in [0.29, 0.717) is 11.3 Å². The van der Waals surface area contributed by atoms with Crippen molar-refractivity contribution in [2.75, 3.05) is 0 Å². The predicted molar refractivity (Wildman–Crippen MR) is 90.2 cm³/mol. The Kier molecular flexibility index (Phi) is 5.90. The van der Waals surface area contributed by atoms with Crippen LogP contribution in [0.4, 0.5) is 4.39 Å². The van der Waals surface area contributed by atoms with Gasteiger partial charge in [0.1, 0.15) is 18.2 Å². The first kappa shape index (κ1) is 16.3. The molecular weight excluding hydrogens is 478 g/mol. The van der Waals surface area contributed by atoms with E-state index in [1.54, 1.807) is 12.1 Å². The summed E-state index contributed by atoms with van der Waals surface area (Å²) < 4.78 is 20.7. The van der Waals surface area contributed by atoms with Crippen LogP contribution < -0.4 is 4.74 Å². The van der Waals surface area contributed by atoms with Crippen LogP contribution in [0.15, 0.2) is 39.3 Å². The Morgan fingerprint density at radius 1 is 1.15 bits per heavy atom. The number of hydrogen-bond acceptors (Lipinski definition) is 1. The first-order valence-corrected chi connectivity index (χ1v) is 8.71.